The summed E-state index contributed by atoms with van der Waals surface area (Å²) in [5.41, 5.74) is 0.477. The number of amides is 3. The van der Waals surface area contributed by atoms with Crippen LogP contribution in [0.2, 0.25) is 0 Å². The highest BCUT2D eigenvalue weighted by atomic mass is 32.2. The molecule has 0 aliphatic carbocycles. The van der Waals surface area contributed by atoms with Crippen LogP contribution in [0.3, 0.4) is 0 Å². The minimum Gasteiger partial charge on any atom is -0.462 e. The van der Waals surface area contributed by atoms with Gasteiger partial charge < -0.3 is 35.4 Å². The Balaban J connectivity index is 1.65. The summed E-state index contributed by atoms with van der Waals surface area (Å²) in [6.45, 7) is 2.73. The van der Waals surface area contributed by atoms with Crippen LogP contribution in [0, 0.1) is 0 Å². The SMILES string of the molecule is CC(C)NC(=O)Nc1ccc(O[C@H]2O[C@H](CN3CC(=O)NS3(=O)=O)[C@@H](O)[C@H](O)[C@@H]2O)cc1. The predicted molar refractivity (Wildman–Crippen MR) is 110 cm³/mol. The lowest BCUT2D eigenvalue weighted by Gasteiger charge is -2.40. The summed E-state index contributed by atoms with van der Waals surface area (Å²) in [5, 5.41) is 35.9. The Morgan fingerprint density at radius 3 is 2.44 bits per heavy atom. The fraction of sp³-hybridized carbons (Fsp3) is 0.556. The highest BCUT2D eigenvalue weighted by molar-refractivity contribution is 7.88. The molecule has 2 saturated heterocycles. The lowest BCUT2D eigenvalue weighted by Crippen LogP contribution is -2.61. The molecule has 3 amide bonds. The minimum atomic E-state index is -4.07. The third kappa shape index (κ3) is 5.65. The summed E-state index contributed by atoms with van der Waals surface area (Å²) in [5.74, 6) is -0.517. The van der Waals surface area contributed by atoms with Crippen molar-refractivity contribution in [1.29, 1.82) is 0 Å². The third-order valence-corrected chi connectivity index (χ3v) is 6.18. The molecular formula is C18H26N4O9S. The monoisotopic (exact) mass is 474 g/mol. The first-order chi connectivity index (χ1) is 15.0. The lowest BCUT2D eigenvalue weighted by atomic mass is 9.99. The molecule has 2 aliphatic rings. The van der Waals surface area contributed by atoms with E-state index < -0.39 is 59.9 Å². The highest BCUT2D eigenvalue weighted by Gasteiger charge is 2.47. The molecule has 2 aliphatic heterocycles. The van der Waals surface area contributed by atoms with E-state index >= 15 is 0 Å². The zero-order valence-electron chi connectivity index (χ0n) is 17.3. The van der Waals surface area contributed by atoms with Crippen LogP contribution >= 0.6 is 0 Å². The first-order valence-electron chi connectivity index (χ1n) is 9.81. The maximum atomic E-state index is 11.9. The van der Waals surface area contributed by atoms with Crippen molar-refractivity contribution in [2.75, 3.05) is 18.4 Å². The smallest absolute Gasteiger partial charge is 0.319 e. The van der Waals surface area contributed by atoms with Gasteiger partial charge in [-0.2, -0.15) is 12.7 Å². The van der Waals surface area contributed by atoms with Crippen molar-refractivity contribution in [2.45, 2.75) is 50.6 Å². The number of rotatable bonds is 6. The Hall–Kier alpha value is -2.49. The first kappa shape index (κ1) is 24.2. The molecule has 5 atom stereocenters. The number of urea groups is 1. The predicted octanol–water partition coefficient (Wildman–Crippen LogP) is -1.92. The van der Waals surface area contributed by atoms with E-state index in [-0.39, 0.29) is 17.8 Å². The number of carbonyl (C=O) groups excluding carboxylic acids is 2. The van der Waals surface area contributed by atoms with E-state index in [1.54, 1.807) is 16.9 Å². The van der Waals surface area contributed by atoms with Crippen LogP contribution in [-0.2, 0) is 19.7 Å². The molecule has 0 saturated carbocycles. The number of ether oxygens (including phenoxy) is 2. The average molecular weight is 474 g/mol. The van der Waals surface area contributed by atoms with E-state index in [1.165, 1.54) is 12.1 Å². The van der Waals surface area contributed by atoms with Crippen molar-refractivity contribution in [3.05, 3.63) is 24.3 Å². The topological polar surface area (TPSA) is 187 Å². The molecule has 178 valence electrons. The van der Waals surface area contributed by atoms with Gasteiger partial charge in [0.2, 0.25) is 12.2 Å². The molecule has 0 unspecified atom stereocenters. The van der Waals surface area contributed by atoms with Gasteiger partial charge in [0.1, 0.15) is 30.2 Å². The second kappa shape index (κ2) is 9.56. The molecule has 2 heterocycles. The van der Waals surface area contributed by atoms with Crippen molar-refractivity contribution in [1.82, 2.24) is 14.3 Å². The summed E-state index contributed by atoms with van der Waals surface area (Å²) >= 11 is 0. The number of carbonyl (C=O) groups is 2. The summed E-state index contributed by atoms with van der Waals surface area (Å²) in [6, 6.07) is 5.64. The number of hydrogen-bond donors (Lipinski definition) is 6. The molecule has 3 rings (SSSR count). The number of aliphatic hydroxyl groups is 3. The Labute approximate surface area is 184 Å². The molecule has 0 aromatic heterocycles. The quantitative estimate of drug-likeness (QED) is 0.273. The van der Waals surface area contributed by atoms with Crippen molar-refractivity contribution in [2.24, 2.45) is 0 Å². The van der Waals surface area contributed by atoms with E-state index in [4.69, 9.17) is 9.47 Å². The summed E-state index contributed by atoms with van der Waals surface area (Å²) < 4.78 is 37.4. The van der Waals surface area contributed by atoms with Gasteiger partial charge in [-0.05, 0) is 38.1 Å². The highest BCUT2D eigenvalue weighted by Crippen LogP contribution is 2.26. The zero-order chi connectivity index (χ0) is 23.6. The average Bonchev–Trinajstić information content (AvgIpc) is 2.95. The van der Waals surface area contributed by atoms with Crippen LogP contribution in [0.1, 0.15) is 13.8 Å². The maximum Gasteiger partial charge on any atom is 0.319 e. The van der Waals surface area contributed by atoms with Crippen molar-refractivity contribution in [3.8, 4) is 5.75 Å². The van der Waals surface area contributed by atoms with E-state index in [0.717, 1.165) is 4.31 Å². The molecule has 0 spiro atoms. The Morgan fingerprint density at radius 1 is 1.22 bits per heavy atom. The van der Waals surface area contributed by atoms with Crippen molar-refractivity contribution < 1.29 is 42.8 Å². The van der Waals surface area contributed by atoms with E-state index in [0.29, 0.717) is 5.69 Å². The standard InChI is InChI=1S/C18H26N4O9S/c1-9(2)19-18(27)20-10-3-5-11(6-4-10)30-17-16(26)15(25)14(24)12(31-17)7-22-8-13(23)21-32(22,28)29/h3-6,9,12,14-17,24-26H,7-8H2,1-2H3,(H,21,23)(H2,19,20,27)/t12-,14-,15+,16+,17+/m1/s1. The number of benzene rings is 1. The number of hydrogen-bond acceptors (Lipinski definition) is 9. The molecular weight excluding hydrogens is 448 g/mol. The van der Waals surface area contributed by atoms with Crippen molar-refractivity contribution in [3.63, 3.8) is 0 Å². The Bertz CT molecular complexity index is 940. The fourth-order valence-corrected chi connectivity index (χ4v) is 4.31. The molecule has 0 radical (unpaired) electrons. The maximum absolute atomic E-state index is 11.9. The molecule has 1 aromatic rings. The molecule has 32 heavy (non-hydrogen) atoms. The summed E-state index contributed by atoms with van der Waals surface area (Å²) in [4.78, 5) is 23.1. The number of nitrogens with one attached hydrogen (secondary N) is 3. The lowest BCUT2D eigenvalue weighted by molar-refractivity contribution is -0.272. The van der Waals surface area contributed by atoms with Gasteiger partial charge in [-0.1, -0.05) is 0 Å². The largest absolute Gasteiger partial charge is 0.462 e. The third-order valence-electron chi connectivity index (χ3n) is 4.74. The van der Waals surface area contributed by atoms with Gasteiger partial charge in [0.05, 0.1) is 6.54 Å². The molecule has 1 aromatic carbocycles. The Morgan fingerprint density at radius 2 is 1.88 bits per heavy atom. The number of nitrogens with zero attached hydrogens (tertiary/aromatic N) is 1. The van der Waals surface area contributed by atoms with Crippen LogP contribution in [0.4, 0.5) is 10.5 Å². The molecule has 6 N–H and O–H groups in total. The molecule has 2 fully saturated rings. The van der Waals surface area contributed by atoms with Crippen LogP contribution in [-0.4, -0.2) is 89.8 Å². The molecule has 0 bridgehead atoms. The van der Waals surface area contributed by atoms with Gasteiger partial charge >= 0.3 is 16.2 Å². The summed E-state index contributed by atoms with van der Waals surface area (Å²) in [6.07, 6.45) is -7.65. The molecule has 14 heteroatoms. The van der Waals surface area contributed by atoms with E-state index in [9.17, 15) is 33.3 Å². The number of anilines is 1. The van der Waals surface area contributed by atoms with Gasteiger partial charge in [-0.25, -0.2) is 9.52 Å². The zero-order valence-corrected chi connectivity index (χ0v) is 18.2. The summed E-state index contributed by atoms with van der Waals surface area (Å²) in [7, 11) is -4.07. The van der Waals surface area contributed by atoms with Crippen LogP contribution in [0.25, 0.3) is 0 Å². The Kier molecular flexibility index (Phi) is 7.22. The fourth-order valence-electron chi connectivity index (χ4n) is 3.19. The normalized spacial score (nSPS) is 30.1. The van der Waals surface area contributed by atoms with Gasteiger partial charge in [0, 0.05) is 18.3 Å². The second-order valence-corrected chi connectivity index (χ2v) is 9.40. The van der Waals surface area contributed by atoms with Crippen molar-refractivity contribution >= 4 is 27.8 Å². The van der Waals surface area contributed by atoms with Gasteiger partial charge in [-0.15, -0.1) is 0 Å². The van der Waals surface area contributed by atoms with Crippen LogP contribution < -0.4 is 20.1 Å². The molecule has 13 nitrogen and oxygen atoms in total. The van der Waals surface area contributed by atoms with Crippen LogP contribution in [0.5, 0.6) is 5.75 Å². The van der Waals surface area contributed by atoms with E-state index in [1.807, 2.05) is 13.8 Å². The van der Waals surface area contributed by atoms with Crippen LogP contribution in [0.15, 0.2) is 24.3 Å². The van der Waals surface area contributed by atoms with Gasteiger partial charge in [0.25, 0.3) is 0 Å². The first-order valence-corrected chi connectivity index (χ1v) is 11.2. The second-order valence-electron chi connectivity index (χ2n) is 7.73. The minimum absolute atomic E-state index is 0.0401. The van der Waals surface area contributed by atoms with Gasteiger partial charge in [0.15, 0.2) is 0 Å². The van der Waals surface area contributed by atoms with E-state index in [2.05, 4.69) is 10.6 Å². The number of aliphatic hydroxyl groups excluding tert-OH is 3. The van der Waals surface area contributed by atoms with Gasteiger partial charge in [-0.3, -0.25) is 4.79 Å².